The Morgan fingerprint density at radius 2 is 1.85 bits per heavy atom. The Morgan fingerprint density at radius 3 is 2.23 bits per heavy atom. The predicted molar refractivity (Wildman–Crippen MR) is 50.3 cm³/mol. The summed E-state index contributed by atoms with van der Waals surface area (Å²) >= 11 is 0. The Morgan fingerprint density at radius 1 is 1.31 bits per heavy atom. The van der Waals surface area contributed by atoms with Crippen LogP contribution in [0.25, 0.3) is 0 Å². The van der Waals surface area contributed by atoms with E-state index in [4.69, 9.17) is 4.74 Å². The number of hydrogen-bond donors (Lipinski definition) is 0. The molecule has 0 unspecified atom stereocenters. The molecule has 0 aliphatic carbocycles. The molecule has 0 aliphatic rings. The molecule has 0 N–H and O–H groups in total. The Hall–Kier alpha value is -1.12. The highest BCUT2D eigenvalue weighted by molar-refractivity contribution is 5.91. The largest absolute Gasteiger partial charge is 0.460 e. The zero-order valence-corrected chi connectivity index (χ0v) is 8.42. The lowest BCUT2D eigenvalue weighted by Gasteiger charge is -2.19. The van der Waals surface area contributed by atoms with Crippen molar-refractivity contribution in [2.24, 2.45) is 0 Å². The van der Waals surface area contributed by atoms with E-state index in [9.17, 15) is 9.59 Å². The maximum atomic E-state index is 11.1. The van der Waals surface area contributed by atoms with Crippen molar-refractivity contribution in [3.05, 3.63) is 12.7 Å². The monoisotopic (exact) mass is 184 g/mol. The first-order chi connectivity index (χ1) is 5.85. The van der Waals surface area contributed by atoms with Gasteiger partial charge in [0, 0.05) is 6.42 Å². The summed E-state index contributed by atoms with van der Waals surface area (Å²) in [5, 5.41) is 0. The van der Waals surface area contributed by atoms with Gasteiger partial charge in [0.1, 0.15) is 5.60 Å². The molecule has 0 spiro atoms. The van der Waals surface area contributed by atoms with Crippen LogP contribution in [0.2, 0.25) is 0 Å². The van der Waals surface area contributed by atoms with Gasteiger partial charge < -0.3 is 4.74 Å². The molecule has 0 radical (unpaired) electrons. The highest BCUT2D eigenvalue weighted by Gasteiger charge is 2.16. The third-order valence-electron chi connectivity index (χ3n) is 1.22. The Labute approximate surface area is 78.8 Å². The van der Waals surface area contributed by atoms with E-state index >= 15 is 0 Å². The normalized spacial score (nSPS) is 10.7. The second-order valence-electron chi connectivity index (χ2n) is 3.76. The quantitative estimate of drug-likeness (QED) is 0.494. The van der Waals surface area contributed by atoms with Crippen molar-refractivity contribution in [2.45, 2.75) is 39.2 Å². The van der Waals surface area contributed by atoms with Crippen LogP contribution < -0.4 is 0 Å². The van der Waals surface area contributed by atoms with Crippen LogP contribution in [0.4, 0.5) is 0 Å². The molecule has 0 fully saturated rings. The summed E-state index contributed by atoms with van der Waals surface area (Å²) < 4.78 is 5.01. The van der Waals surface area contributed by atoms with Gasteiger partial charge in [0.15, 0.2) is 5.78 Å². The van der Waals surface area contributed by atoms with Crippen LogP contribution in [0.15, 0.2) is 12.7 Å². The second kappa shape index (κ2) is 4.80. The summed E-state index contributed by atoms with van der Waals surface area (Å²) in [5.41, 5.74) is -0.478. The first-order valence-electron chi connectivity index (χ1n) is 4.22. The summed E-state index contributed by atoms with van der Waals surface area (Å²) in [7, 11) is 0. The number of carbonyl (C=O) groups is 2. The van der Waals surface area contributed by atoms with Crippen LogP contribution in [0.5, 0.6) is 0 Å². The van der Waals surface area contributed by atoms with Crippen LogP contribution in [-0.2, 0) is 14.3 Å². The molecule has 0 aromatic heterocycles. The molecule has 0 heterocycles. The van der Waals surface area contributed by atoms with Gasteiger partial charge >= 0.3 is 5.97 Å². The Balaban J connectivity index is 3.77. The standard InChI is InChI=1S/C10H16O3/c1-5-8(11)6-7-9(12)13-10(2,3)4/h5H,1,6-7H2,2-4H3. The van der Waals surface area contributed by atoms with Gasteiger partial charge in [0.25, 0.3) is 0 Å². The van der Waals surface area contributed by atoms with Crippen molar-refractivity contribution in [1.29, 1.82) is 0 Å². The molecule has 0 aromatic rings. The highest BCUT2D eigenvalue weighted by atomic mass is 16.6. The van der Waals surface area contributed by atoms with E-state index < -0.39 is 5.60 Å². The van der Waals surface area contributed by atoms with E-state index in [1.165, 1.54) is 6.08 Å². The van der Waals surface area contributed by atoms with Crippen molar-refractivity contribution in [1.82, 2.24) is 0 Å². The lowest BCUT2D eigenvalue weighted by molar-refractivity contribution is -0.155. The van der Waals surface area contributed by atoms with Crippen molar-refractivity contribution in [3.8, 4) is 0 Å². The minimum Gasteiger partial charge on any atom is -0.460 e. The minimum atomic E-state index is -0.478. The second-order valence-corrected chi connectivity index (χ2v) is 3.76. The van der Waals surface area contributed by atoms with Crippen LogP contribution in [0.3, 0.4) is 0 Å². The molecular weight excluding hydrogens is 168 g/mol. The molecule has 0 bridgehead atoms. The number of hydrogen-bond acceptors (Lipinski definition) is 3. The van der Waals surface area contributed by atoms with Gasteiger partial charge in [0.05, 0.1) is 6.42 Å². The van der Waals surface area contributed by atoms with Crippen LogP contribution in [0, 0.1) is 0 Å². The Bertz CT molecular complexity index is 211. The fraction of sp³-hybridized carbons (Fsp3) is 0.600. The summed E-state index contributed by atoms with van der Waals surface area (Å²) in [4.78, 5) is 21.8. The van der Waals surface area contributed by atoms with E-state index in [1.807, 2.05) is 0 Å². The maximum Gasteiger partial charge on any atom is 0.306 e. The average Bonchev–Trinajstić information content (AvgIpc) is 1.97. The molecule has 3 nitrogen and oxygen atoms in total. The fourth-order valence-corrected chi connectivity index (χ4v) is 0.720. The van der Waals surface area contributed by atoms with E-state index in [0.717, 1.165) is 0 Å². The maximum absolute atomic E-state index is 11.1. The molecule has 0 aliphatic heterocycles. The SMILES string of the molecule is C=CC(=O)CCC(=O)OC(C)(C)C. The Kier molecular flexibility index (Phi) is 4.38. The van der Waals surface area contributed by atoms with Crippen LogP contribution in [0.1, 0.15) is 33.6 Å². The van der Waals surface area contributed by atoms with Gasteiger partial charge in [0.2, 0.25) is 0 Å². The number of rotatable bonds is 4. The molecule has 13 heavy (non-hydrogen) atoms. The van der Waals surface area contributed by atoms with E-state index in [1.54, 1.807) is 20.8 Å². The van der Waals surface area contributed by atoms with Crippen molar-refractivity contribution < 1.29 is 14.3 Å². The predicted octanol–water partition coefficient (Wildman–Crippen LogP) is 1.86. The van der Waals surface area contributed by atoms with E-state index in [0.29, 0.717) is 0 Å². The van der Waals surface area contributed by atoms with Crippen molar-refractivity contribution >= 4 is 11.8 Å². The van der Waals surface area contributed by atoms with Gasteiger partial charge in [-0.25, -0.2) is 0 Å². The van der Waals surface area contributed by atoms with Crippen molar-refractivity contribution in [3.63, 3.8) is 0 Å². The van der Waals surface area contributed by atoms with Gasteiger partial charge in [-0.1, -0.05) is 6.58 Å². The topological polar surface area (TPSA) is 43.4 Å². The fourth-order valence-electron chi connectivity index (χ4n) is 0.720. The smallest absolute Gasteiger partial charge is 0.306 e. The molecule has 74 valence electrons. The molecule has 3 heteroatoms. The number of esters is 1. The summed E-state index contributed by atoms with van der Waals surface area (Å²) in [6.45, 7) is 8.69. The lowest BCUT2D eigenvalue weighted by atomic mass is 10.2. The number of carbonyl (C=O) groups excluding carboxylic acids is 2. The van der Waals surface area contributed by atoms with Gasteiger partial charge in [-0.15, -0.1) is 0 Å². The number of ketones is 1. The van der Waals surface area contributed by atoms with E-state index in [2.05, 4.69) is 6.58 Å². The third kappa shape index (κ3) is 7.25. The molecule has 0 aromatic carbocycles. The minimum absolute atomic E-state index is 0.127. The molecule has 0 rings (SSSR count). The third-order valence-corrected chi connectivity index (χ3v) is 1.22. The average molecular weight is 184 g/mol. The molecule has 0 atom stereocenters. The first-order valence-corrected chi connectivity index (χ1v) is 4.22. The summed E-state index contributed by atoms with van der Waals surface area (Å²) in [5.74, 6) is -0.478. The summed E-state index contributed by atoms with van der Waals surface area (Å²) in [6.07, 6.45) is 1.52. The molecule has 0 saturated heterocycles. The van der Waals surface area contributed by atoms with Crippen molar-refractivity contribution in [2.75, 3.05) is 0 Å². The zero-order chi connectivity index (χ0) is 10.5. The zero-order valence-electron chi connectivity index (χ0n) is 8.42. The van der Waals surface area contributed by atoms with Gasteiger partial charge in [-0.2, -0.15) is 0 Å². The van der Waals surface area contributed by atoms with Crippen LogP contribution >= 0.6 is 0 Å². The molecule has 0 saturated carbocycles. The number of ether oxygens (including phenoxy) is 1. The summed E-state index contributed by atoms with van der Waals surface area (Å²) in [6, 6.07) is 0. The van der Waals surface area contributed by atoms with Gasteiger partial charge in [-0.3, -0.25) is 9.59 Å². The molecular formula is C10H16O3. The number of allylic oxidation sites excluding steroid dienone is 1. The first kappa shape index (κ1) is 11.9. The van der Waals surface area contributed by atoms with E-state index in [-0.39, 0.29) is 24.6 Å². The van der Waals surface area contributed by atoms with Gasteiger partial charge in [-0.05, 0) is 26.8 Å². The lowest BCUT2D eigenvalue weighted by Crippen LogP contribution is -2.24. The highest BCUT2D eigenvalue weighted by Crippen LogP contribution is 2.09. The molecule has 0 amide bonds. The van der Waals surface area contributed by atoms with Crippen LogP contribution in [-0.4, -0.2) is 17.4 Å².